The molecule has 0 radical (unpaired) electrons. The van der Waals surface area contributed by atoms with Gasteiger partial charge in [-0.1, -0.05) is 0 Å². The highest BCUT2D eigenvalue weighted by molar-refractivity contribution is 7.89. The van der Waals surface area contributed by atoms with Gasteiger partial charge in [-0.05, 0) is 42.7 Å². The van der Waals surface area contributed by atoms with Crippen LogP contribution in [0.3, 0.4) is 0 Å². The molecule has 1 aromatic carbocycles. The van der Waals surface area contributed by atoms with Gasteiger partial charge in [-0.25, -0.2) is 22.6 Å². The van der Waals surface area contributed by atoms with E-state index in [4.69, 9.17) is 0 Å². The number of rotatable bonds is 6. The Labute approximate surface area is 147 Å². The summed E-state index contributed by atoms with van der Waals surface area (Å²) in [4.78, 5) is 7.81. The first kappa shape index (κ1) is 18.3. The summed E-state index contributed by atoms with van der Waals surface area (Å²) in [6.07, 6.45) is 1.30. The smallest absolute Gasteiger partial charge is 0.219 e. The fourth-order valence-electron chi connectivity index (χ4n) is 2.29. The van der Waals surface area contributed by atoms with Gasteiger partial charge in [-0.15, -0.1) is 0 Å². The summed E-state index contributed by atoms with van der Waals surface area (Å²) in [7, 11) is -3.86. The first-order valence-electron chi connectivity index (χ1n) is 7.57. The predicted octanol–water partition coefficient (Wildman–Crippen LogP) is 2.05. The van der Waals surface area contributed by atoms with Crippen LogP contribution in [0.5, 0.6) is 0 Å². The largest absolute Gasteiger partial charge is 0.416 e. The Hall–Kier alpha value is -2.53. The lowest BCUT2D eigenvalue weighted by Gasteiger charge is -2.09. The van der Waals surface area contributed by atoms with E-state index in [9.17, 15) is 21.6 Å². The standard InChI is InChI=1S/C15H14F3N5O2S/c16-15(17,18)12-3-5-13(6-4-12)26(24,25)22-7-1-2-11-8-19-14-20-10-21-23(14)9-11/h3-6,8-10,22H,1-2,7H2. The lowest BCUT2D eigenvalue weighted by atomic mass is 10.2. The van der Waals surface area contributed by atoms with Crippen molar-refractivity contribution in [3.05, 3.63) is 54.1 Å². The van der Waals surface area contributed by atoms with E-state index in [-0.39, 0.29) is 11.4 Å². The molecule has 3 aromatic rings. The highest BCUT2D eigenvalue weighted by atomic mass is 32.2. The summed E-state index contributed by atoms with van der Waals surface area (Å²) < 4.78 is 65.7. The molecule has 2 aromatic heterocycles. The number of hydrogen-bond donors (Lipinski definition) is 1. The molecule has 0 aliphatic carbocycles. The van der Waals surface area contributed by atoms with Crippen molar-refractivity contribution in [1.29, 1.82) is 0 Å². The summed E-state index contributed by atoms with van der Waals surface area (Å²) in [5.41, 5.74) is -0.0378. The maximum Gasteiger partial charge on any atom is 0.416 e. The first-order chi connectivity index (χ1) is 12.3. The Balaban J connectivity index is 1.56. The van der Waals surface area contributed by atoms with Gasteiger partial charge in [0.25, 0.3) is 5.78 Å². The molecule has 2 heterocycles. The van der Waals surface area contributed by atoms with Crippen LogP contribution in [0, 0.1) is 0 Å². The van der Waals surface area contributed by atoms with Gasteiger partial charge in [0.15, 0.2) is 0 Å². The van der Waals surface area contributed by atoms with E-state index in [0.29, 0.717) is 18.6 Å². The lowest BCUT2D eigenvalue weighted by Crippen LogP contribution is -2.25. The van der Waals surface area contributed by atoms with Crippen molar-refractivity contribution < 1.29 is 21.6 Å². The summed E-state index contributed by atoms with van der Waals surface area (Å²) in [5, 5.41) is 3.96. The lowest BCUT2D eigenvalue weighted by molar-refractivity contribution is -0.137. The Morgan fingerprint density at radius 2 is 1.85 bits per heavy atom. The second-order valence-corrected chi connectivity index (χ2v) is 7.26. The van der Waals surface area contributed by atoms with Crippen LogP contribution in [0.25, 0.3) is 5.78 Å². The molecule has 7 nitrogen and oxygen atoms in total. The van der Waals surface area contributed by atoms with Crippen molar-refractivity contribution in [2.75, 3.05) is 6.54 Å². The van der Waals surface area contributed by atoms with E-state index >= 15 is 0 Å². The number of aryl methyl sites for hydroxylation is 1. The SMILES string of the molecule is O=S(=O)(NCCCc1cnc2ncnn2c1)c1ccc(C(F)(F)F)cc1. The highest BCUT2D eigenvalue weighted by Crippen LogP contribution is 2.29. The molecule has 0 aliphatic heterocycles. The maximum atomic E-state index is 12.5. The van der Waals surface area contributed by atoms with Gasteiger partial charge in [0.1, 0.15) is 6.33 Å². The molecule has 138 valence electrons. The van der Waals surface area contributed by atoms with E-state index in [1.807, 2.05) is 0 Å². The van der Waals surface area contributed by atoms with Crippen LogP contribution in [0.4, 0.5) is 13.2 Å². The molecule has 0 spiro atoms. The van der Waals surface area contributed by atoms with Crippen molar-refractivity contribution >= 4 is 15.8 Å². The summed E-state index contributed by atoms with van der Waals surface area (Å²) in [5.74, 6) is 0.469. The second kappa shape index (κ2) is 7.00. The van der Waals surface area contributed by atoms with Crippen molar-refractivity contribution in [1.82, 2.24) is 24.3 Å². The van der Waals surface area contributed by atoms with Crippen molar-refractivity contribution in [2.45, 2.75) is 23.9 Å². The number of fused-ring (bicyclic) bond motifs is 1. The van der Waals surface area contributed by atoms with Crippen molar-refractivity contribution in [2.24, 2.45) is 0 Å². The monoisotopic (exact) mass is 385 g/mol. The predicted molar refractivity (Wildman–Crippen MR) is 85.7 cm³/mol. The van der Waals surface area contributed by atoms with Crippen molar-refractivity contribution in [3.63, 3.8) is 0 Å². The fraction of sp³-hybridized carbons (Fsp3) is 0.267. The molecule has 1 N–H and O–H groups in total. The van der Waals surface area contributed by atoms with E-state index in [2.05, 4.69) is 19.8 Å². The van der Waals surface area contributed by atoms with Crippen LogP contribution in [0.1, 0.15) is 17.5 Å². The molecule has 0 saturated carbocycles. The third-order valence-electron chi connectivity index (χ3n) is 3.61. The molecule has 0 aliphatic rings. The Kier molecular flexibility index (Phi) is 4.92. The first-order valence-corrected chi connectivity index (χ1v) is 9.05. The fourth-order valence-corrected chi connectivity index (χ4v) is 3.37. The number of halogens is 3. The van der Waals surface area contributed by atoms with Crippen LogP contribution in [-0.2, 0) is 22.6 Å². The van der Waals surface area contributed by atoms with E-state index in [0.717, 1.165) is 29.8 Å². The molecule has 3 rings (SSSR count). The van der Waals surface area contributed by atoms with Gasteiger partial charge in [-0.3, -0.25) is 0 Å². The van der Waals surface area contributed by atoms with Gasteiger partial charge in [0.05, 0.1) is 10.5 Å². The quantitative estimate of drug-likeness (QED) is 0.656. The Morgan fingerprint density at radius 3 is 2.54 bits per heavy atom. The van der Waals surface area contributed by atoms with Crippen LogP contribution in [0.2, 0.25) is 0 Å². The number of sulfonamides is 1. The molecular formula is C15H14F3N5O2S. The third kappa shape index (κ3) is 4.17. The van der Waals surface area contributed by atoms with E-state index in [1.165, 1.54) is 10.8 Å². The molecular weight excluding hydrogens is 371 g/mol. The third-order valence-corrected chi connectivity index (χ3v) is 5.09. The van der Waals surface area contributed by atoms with E-state index in [1.54, 1.807) is 12.4 Å². The summed E-state index contributed by atoms with van der Waals surface area (Å²) in [6.45, 7) is 0.138. The van der Waals surface area contributed by atoms with Crippen LogP contribution in [0.15, 0.2) is 47.9 Å². The molecule has 0 amide bonds. The minimum atomic E-state index is -4.51. The second-order valence-electron chi connectivity index (χ2n) is 5.49. The zero-order chi connectivity index (χ0) is 18.8. The average Bonchev–Trinajstić information content (AvgIpc) is 3.06. The maximum absolute atomic E-state index is 12.5. The Morgan fingerprint density at radius 1 is 1.12 bits per heavy atom. The van der Waals surface area contributed by atoms with Gasteiger partial charge in [0, 0.05) is 18.9 Å². The molecule has 0 fully saturated rings. The van der Waals surface area contributed by atoms with Crippen LogP contribution in [-0.4, -0.2) is 34.5 Å². The number of hydrogen-bond acceptors (Lipinski definition) is 5. The zero-order valence-corrected chi connectivity index (χ0v) is 14.1. The average molecular weight is 385 g/mol. The minimum Gasteiger partial charge on any atom is -0.219 e. The topological polar surface area (TPSA) is 89.2 Å². The minimum absolute atomic E-state index is 0.138. The summed E-state index contributed by atoms with van der Waals surface area (Å²) in [6, 6.07) is 3.36. The Bertz CT molecular complexity index is 1000. The highest BCUT2D eigenvalue weighted by Gasteiger charge is 2.30. The number of aromatic nitrogens is 4. The normalized spacial score (nSPS) is 12.6. The summed E-state index contributed by atoms with van der Waals surface area (Å²) >= 11 is 0. The van der Waals surface area contributed by atoms with Gasteiger partial charge in [-0.2, -0.15) is 23.3 Å². The van der Waals surface area contributed by atoms with Gasteiger partial charge < -0.3 is 0 Å². The number of alkyl halides is 3. The molecule has 26 heavy (non-hydrogen) atoms. The molecule has 11 heteroatoms. The van der Waals surface area contributed by atoms with Crippen LogP contribution >= 0.6 is 0 Å². The van der Waals surface area contributed by atoms with Gasteiger partial charge in [0.2, 0.25) is 10.0 Å². The van der Waals surface area contributed by atoms with E-state index < -0.39 is 21.8 Å². The molecule has 0 unspecified atom stereocenters. The number of benzene rings is 1. The number of nitrogens with zero attached hydrogens (tertiary/aromatic N) is 4. The number of nitrogens with one attached hydrogen (secondary N) is 1. The molecule has 0 atom stereocenters. The molecule has 0 saturated heterocycles. The van der Waals surface area contributed by atoms with Gasteiger partial charge >= 0.3 is 6.18 Å². The zero-order valence-electron chi connectivity index (χ0n) is 13.3. The molecule has 0 bridgehead atoms. The van der Waals surface area contributed by atoms with Crippen LogP contribution < -0.4 is 4.72 Å². The van der Waals surface area contributed by atoms with Crippen molar-refractivity contribution in [3.8, 4) is 0 Å².